The van der Waals surface area contributed by atoms with Gasteiger partial charge in [0.1, 0.15) is 12.6 Å². The van der Waals surface area contributed by atoms with Crippen LogP contribution in [0.2, 0.25) is 0 Å². The lowest BCUT2D eigenvalue weighted by Gasteiger charge is -2.14. The van der Waals surface area contributed by atoms with Crippen LogP contribution in [0.15, 0.2) is 33.8 Å². The lowest BCUT2D eigenvalue weighted by Crippen LogP contribution is -2.46. The van der Waals surface area contributed by atoms with E-state index in [2.05, 4.69) is 31.5 Å². The van der Waals surface area contributed by atoms with Crippen LogP contribution < -0.4 is 16.2 Å². The van der Waals surface area contributed by atoms with Gasteiger partial charge in [-0.25, -0.2) is 4.98 Å². The Morgan fingerprint density at radius 2 is 2.12 bits per heavy atom. The maximum atomic E-state index is 12.4. The van der Waals surface area contributed by atoms with Gasteiger partial charge in [0.15, 0.2) is 0 Å². The Kier molecular flexibility index (Phi) is 6.08. The molecular formula is C16H19BrN4O3. The number of rotatable bonds is 6. The average molecular weight is 395 g/mol. The first kappa shape index (κ1) is 18.1. The number of fused-ring (bicyclic) bond motifs is 1. The number of amides is 2. The molecule has 0 fully saturated rings. The van der Waals surface area contributed by atoms with Gasteiger partial charge >= 0.3 is 0 Å². The van der Waals surface area contributed by atoms with Gasteiger partial charge in [0.2, 0.25) is 11.8 Å². The fraction of sp³-hybridized carbons (Fsp3) is 0.375. The minimum atomic E-state index is -0.665. The monoisotopic (exact) mass is 394 g/mol. The average Bonchev–Trinajstić information content (AvgIpc) is 2.55. The fourth-order valence-corrected chi connectivity index (χ4v) is 2.51. The summed E-state index contributed by atoms with van der Waals surface area (Å²) in [5.41, 5.74) is 0.256. The zero-order chi connectivity index (χ0) is 17.7. The summed E-state index contributed by atoms with van der Waals surface area (Å²) in [6, 6.07) is 4.52. The van der Waals surface area contributed by atoms with Crippen LogP contribution >= 0.6 is 15.9 Å². The minimum Gasteiger partial charge on any atom is -0.354 e. The van der Waals surface area contributed by atoms with Crippen molar-refractivity contribution < 1.29 is 9.59 Å². The molecule has 0 aliphatic heterocycles. The Balaban J connectivity index is 2.09. The molecular weight excluding hydrogens is 376 g/mol. The number of halogens is 1. The molecule has 2 rings (SSSR count). The molecule has 0 saturated heterocycles. The highest BCUT2D eigenvalue weighted by Crippen LogP contribution is 2.14. The molecule has 128 valence electrons. The van der Waals surface area contributed by atoms with E-state index in [0.29, 0.717) is 17.4 Å². The molecule has 1 aromatic carbocycles. The molecule has 0 aliphatic rings. The highest BCUT2D eigenvalue weighted by Gasteiger charge is 2.16. The largest absolute Gasteiger partial charge is 0.354 e. The summed E-state index contributed by atoms with van der Waals surface area (Å²) in [5, 5.41) is 5.70. The van der Waals surface area contributed by atoms with E-state index in [0.717, 1.165) is 10.9 Å². The van der Waals surface area contributed by atoms with Crippen molar-refractivity contribution in [2.45, 2.75) is 32.9 Å². The van der Waals surface area contributed by atoms with Gasteiger partial charge < -0.3 is 10.6 Å². The second kappa shape index (κ2) is 8.05. The number of benzene rings is 1. The summed E-state index contributed by atoms with van der Waals surface area (Å²) in [5.74, 6) is -0.675. The summed E-state index contributed by atoms with van der Waals surface area (Å²) in [6.45, 7) is 3.91. The maximum absolute atomic E-state index is 12.4. The van der Waals surface area contributed by atoms with Crippen LogP contribution in [0.1, 0.15) is 20.3 Å². The van der Waals surface area contributed by atoms with Gasteiger partial charge in [-0.2, -0.15) is 0 Å². The highest BCUT2D eigenvalue weighted by molar-refractivity contribution is 9.10. The van der Waals surface area contributed by atoms with Gasteiger partial charge in [-0.1, -0.05) is 22.9 Å². The van der Waals surface area contributed by atoms with Crippen molar-refractivity contribution in [1.29, 1.82) is 0 Å². The second-order valence-corrected chi connectivity index (χ2v) is 6.33. The summed E-state index contributed by atoms with van der Waals surface area (Å²) in [4.78, 5) is 40.4. The van der Waals surface area contributed by atoms with Gasteiger partial charge in [-0.3, -0.25) is 19.0 Å². The van der Waals surface area contributed by atoms with Gasteiger partial charge in [0.25, 0.3) is 5.56 Å². The van der Waals surface area contributed by atoms with E-state index in [4.69, 9.17) is 0 Å². The quantitative estimate of drug-likeness (QED) is 0.769. The van der Waals surface area contributed by atoms with Crippen molar-refractivity contribution in [2.24, 2.45) is 0 Å². The standard InChI is InChI=1S/C16H19BrN4O3/c1-3-6-18-15(23)10(2)20-14(22)8-21-9-19-13-5-4-11(17)7-12(13)16(21)24/h4-5,7,9-10H,3,6,8H2,1-2H3,(H,18,23)(H,20,22)/t10-/m1/s1. The van der Waals surface area contributed by atoms with E-state index in [1.807, 2.05) is 6.92 Å². The number of nitrogens with one attached hydrogen (secondary N) is 2. The number of carbonyl (C=O) groups is 2. The Labute approximate surface area is 147 Å². The lowest BCUT2D eigenvalue weighted by molar-refractivity contribution is -0.128. The SMILES string of the molecule is CCCNC(=O)[C@@H](C)NC(=O)Cn1cnc2ccc(Br)cc2c1=O. The van der Waals surface area contributed by atoms with E-state index in [9.17, 15) is 14.4 Å². The van der Waals surface area contributed by atoms with Crippen LogP contribution in [-0.2, 0) is 16.1 Å². The van der Waals surface area contributed by atoms with Gasteiger partial charge in [-0.15, -0.1) is 0 Å². The van der Waals surface area contributed by atoms with Crippen molar-refractivity contribution in [3.8, 4) is 0 Å². The molecule has 2 aromatic rings. The van der Waals surface area contributed by atoms with Crippen LogP contribution in [0.25, 0.3) is 10.9 Å². The summed E-state index contributed by atoms with van der Waals surface area (Å²) < 4.78 is 1.98. The Bertz CT molecular complexity index is 819. The molecule has 0 aliphatic carbocycles. The van der Waals surface area contributed by atoms with E-state index in [1.165, 1.54) is 10.9 Å². The second-order valence-electron chi connectivity index (χ2n) is 5.42. The lowest BCUT2D eigenvalue weighted by atomic mass is 10.2. The number of nitrogens with zero attached hydrogens (tertiary/aromatic N) is 2. The first-order valence-corrected chi connectivity index (χ1v) is 8.43. The number of aromatic nitrogens is 2. The zero-order valence-corrected chi connectivity index (χ0v) is 15.1. The zero-order valence-electron chi connectivity index (χ0n) is 13.5. The molecule has 1 atom stereocenters. The van der Waals surface area contributed by atoms with Crippen LogP contribution in [0.5, 0.6) is 0 Å². The van der Waals surface area contributed by atoms with Crippen LogP contribution in [-0.4, -0.2) is 34.0 Å². The highest BCUT2D eigenvalue weighted by atomic mass is 79.9. The third-order valence-corrected chi connectivity index (χ3v) is 3.91. The Hall–Kier alpha value is -2.22. The normalized spacial score (nSPS) is 12.0. The third kappa shape index (κ3) is 4.41. The predicted molar refractivity (Wildman–Crippen MR) is 94.6 cm³/mol. The molecule has 0 unspecified atom stereocenters. The molecule has 1 heterocycles. The van der Waals surface area contributed by atoms with Crippen LogP contribution in [0.4, 0.5) is 0 Å². The minimum absolute atomic E-state index is 0.195. The molecule has 2 amide bonds. The Morgan fingerprint density at radius 1 is 1.38 bits per heavy atom. The fourth-order valence-electron chi connectivity index (χ4n) is 2.15. The van der Waals surface area contributed by atoms with Crippen molar-refractivity contribution in [2.75, 3.05) is 6.54 Å². The number of hydrogen-bond donors (Lipinski definition) is 2. The van der Waals surface area contributed by atoms with Crippen LogP contribution in [0, 0.1) is 0 Å². The first-order chi connectivity index (χ1) is 11.4. The first-order valence-electron chi connectivity index (χ1n) is 7.64. The van der Waals surface area contributed by atoms with E-state index in [-0.39, 0.29) is 18.0 Å². The number of carbonyl (C=O) groups excluding carboxylic acids is 2. The smallest absolute Gasteiger partial charge is 0.261 e. The molecule has 8 heteroatoms. The molecule has 2 N–H and O–H groups in total. The Morgan fingerprint density at radius 3 is 2.83 bits per heavy atom. The number of hydrogen-bond acceptors (Lipinski definition) is 4. The molecule has 0 saturated carbocycles. The third-order valence-electron chi connectivity index (χ3n) is 3.42. The molecule has 24 heavy (non-hydrogen) atoms. The topological polar surface area (TPSA) is 93.1 Å². The van der Waals surface area contributed by atoms with Crippen LogP contribution in [0.3, 0.4) is 0 Å². The van der Waals surface area contributed by atoms with Gasteiger partial charge in [-0.05, 0) is 31.5 Å². The summed E-state index contributed by atoms with van der Waals surface area (Å²) >= 11 is 3.31. The molecule has 0 bridgehead atoms. The molecule has 0 radical (unpaired) electrons. The predicted octanol–water partition coefficient (Wildman–Crippen LogP) is 1.19. The van der Waals surface area contributed by atoms with E-state index < -0.39 is 11.9 Å². The van der Waals surface area contributed by atoms with Gasteiger partial charge in [0.05, 0.1) is 17.2 Å². The van der Waals surface area contributed by atoms with E-state index in [1.54, 1.807) is 25.1 Å². The summed E-state index contributed by atoms with van der Waals surface area (Å²) in [6.07, 6.45) is 2.15. The van der Waals surface area contributed by atoms with Crippen molar-refractivity contribution in [3.05, 3.63) is 39.4 Å². The van der Waals surface area contributed by atoms with E-state index >= 15 is 0 Å². The van der Waals surface area contributed by atoms with Crippen molar-refractivity contribution in [1.82, 2.24) is 20.2 Å². The van der Waals surface area contributed by atoms with Gasteiger partial charge in [0, 0.05) is 11.0 Å². The summed E-state index contributed by atoms with van der Waals surface area (Å²) in [7, 11) is 0. The van der Waals surface area contributed by atoms with Crippen molar-refractivity contribution >= 4 is 38.6 Å². The molecule has 0 spiro atoms. The molecule has 1 aromatic heterocycles. The van der Waals surface area contributed by atoms with Crippen molar-refractivity contribution in [3.63, 3.8) is 0 Å². The maximum Gasteiger partial charge on any atom is 0.261 e. The molecule has 7 nitrogen and oxygen atoms in total.